The van der Waals surface area contributed by atoms with Crippen LogP contribution in [0.4, 0.5) is 10.5 Å². The van der Waals surface area contributed by atoms with Gasteiger partial charge in [0.1, 0.15) is 12.0 Å². The molecule has 1 aromatic carbocycles. The lowest BCUT2D eigenvalue weighted by Gasteiger charge is -2.24. The number of carbonyl (C=O) groups is 1. The van der Waals surface area contributed by atoms with Crippen molar-refractivity contribution in [1.82, 2.24) is 10.1 Å². The molecular formula is C16H20ClN3O3. The van der Waals surface area contributed by atoms with Crippen LogP contribution < -0.4 is 10.1 Å². The second kappa shape index (κ2) is 7.37. The first-order chi connectivity index (χ1) is 10.9. The molecule has 0 saturated carbocycles. The molecule has 1 atom stereocenters. The number of halogens is 1. The first kappa shape index (κ1) is 17.1. The molecule has 2 amide bonds. The Morgan fingerprint density at radius 2 is 2.09 bits per heavy atom. The zero-order valence-corrected chi connectivity index (χ0v) is 14.3. The van der Waals surface area contributed by atoms with Crippen LogP contribution in [0.3, 0.4) is 0 Å². The zero-order chi connectivity index (χ0) is 17.0. The van der Waals surface area contributed by atoms with Crippen LogP contribution in [0, 0.1) is 0 Å². The van der Waals surface area contributed by atoms with Gasteiger partial charge in [0.15, 0.2) is 5.75 Å². The van der Waals surface area contributed by atoms with E-state index >= 15 is 0 Å². The number of hydrogen-bond donors (Lipinski definition) is 1. The molecule has 2 rings (SSSR count). The lowest BCUT2D eigenvalue weighted by atomic mass is 10.2. The summed E-state index contributed by atoms with van der Waals surface area (Å²) >= 11 is 6.17. The largest absolute Gasteiger partial charge is 0.487 e. The van der Waals surface area contributed by atoms with Crippen LogP contribution in [0.15, 0.2) is 35.1 Å². The smallest absolute Gasteiger partial charge is 0.322 e. The van der Waals surface area contributed by atoms with Crippen molar-refractivity contribution in [3.63, 3.8) is 0 Å². The molecule has 124 valence electrons. The van der Waals surface area contributed by atoms with Gasteiger partial charge < -0.3 is 19.5 Å². The lowest BCUT2D eigenvalue weighted by molar-refractivity contribution is 0.205. The topological polar surface area (TPSA) is 67.6 Å². The highest BCUT2D eigenvalue weighted by molar-refractivity contribution is 6.32. The van der Waals surface area contributed by atoms with Gasteiger partial charge >= 0.3 is 6.03 Å². The van der Waals surface area contributed by atoms with Crippen LogP contribution in [-0.4, -0.2) is 29.2 Å². The summed E-state index contributed by atoms with van der Waals surface area (Å²) in [6.45, 7) is 5.66. The van der Waals surface area contributed by atoms with Crippen LogP contribution in [0.25, 0.3) is 0 Å². The van der Waals surface area contributed by atoms with Gasteiger partial charge in [-0.2, -0.15) is 0 Å². The van der Waals surface area contributed by atoms with Gasteiger partial charge in [-0.15, -0.1) is 0 Å². The molecule has 0 aliphatic heterocycles. The molecule has 1 aromatic heterocycles. The fourth-order valence-corrected chi connectivity index (χ4v) is 2.20. The van der Waals surface area contributed by atoms with E-state index < -0.39 is 0 Å². The molecule has 7 heteroatoms. The maximum atomic E-state index is 12.5. The molecule has 0 radical (unpaired) electrons. The third-order valence-electron chi connectivity index (χ3n) is 3.35. The predicted molar refractivity (Wildman–Crippen MR) is 88.9 cm³/mol. The number of nitrogens with one attached hydrogen (secondary N) is 1. The van der Waals surface area contributed by atoms with E-state index in [9.17, 15) is 4.79 Å². The van der Waals surface area contributed by atoms with E-state index in [0.717, 1.165) is 0 Å². The van der Waals surface area contributed by atoms with Gasteiger partial charge in [-0.25, -0.2) is 4.79 Å². The first-order valence-electron chi connectivity index (χ1n) is 7.29. The average Bonchev–Trinajstić information content (AvgIpc) is 3.03. The molecular weight excluding hydrogens is 318 g/mol. The van der Waals surface area contributed by atoms with E-state index in [0.29, 0.717) is 22.2 Å². The number of ether oxygens (including phenoxy) is 1. The van der Waals surface area contributed by atoms with Crippen LogP contribution in [0.2, 0.25) is 5.02 Å². The van der Waals surface area contributed by atoms with Crippen LogP contribution in [-0.2, 0) is 0 Å². The number of amides is 2. The predicted octanol–water partition coefficient (Wildman–Crippen LogP) is 4.34. The van der Waals surface area contributed by atoms with E-state index in [1.807, 2.05) is 20.8 Å². The minimum Gasteiger partial charge on any atom is -0.487 e. The van der Waals surface area contributed by atoms with Gasteiger partial charge in [-0.1, -0.05) is 22.8 Å². The standard InChI is InChI=1S/C16H20ClN3O3/c1-10(2)23-15-12(17)6-5-7-14(15)18-16(21)20(4)11(3)13-8-9-22-19-13/h5-11H,1-4H3,(H,18,21)/t11-/m1/s1. The number of hydrogen-bond acceptors (Lipinski definition) is 4. The average molecular weight is 338 g/mol. The minimum atomic E-state index is -0.295. The Morgan fingerprint density at radius 3 is 2.70 bits per heavy atom. The summed E-state index contributed by atoms with van der Waals surface area (Å²) in [5.41, 5.74) is 1.20. The van der Waals surface area contributed by atoms with Crippen molar-refractivity contribution in [2.75, 3.05) is 12.4 Å². The fraction of sp³-hybridized carbons (Fsp3) is 0.375. The summed E-state index contributed by atoms with van der Waals surface area (Å²) in [5.74, 6) is 0.458. The third kappa shape index (κ3) is 4.16. The minimum absolute atomic E-state index is 0.0580. The van der Waals surface area contributed by atoms with Gasteiger partial charge in [0.25, 0.3) is 0 Å². The summed E-state index contributed by atoms with van der Waals surface area (Å²) in [4.78, 5) is 14.0. The third-order valence-corrected chi connectivity index (χ3v) is 3.65. The molecule has 1 N–H and O–H groups in total. The molecule has 0 fully saturated rings. The number of urea groups is 1. The van der Waals surface area contributed by atoms with E-state index in [-0.39, 0.29) is 18.2 Å². The molecule has 0 aliphatic carbocycles. The molecule has 2 aromatic rings. The summed E-state index contributed by atoms with van der Waals surface area (Å²) in [6, 6.07) is 6.42. The quantitative estimate of drug-likeness (QED) is 0.881. The number of benzene rings is 1. The number of nitrogens with zero attached hydrogens (tertiary/aromatic N) is 2. The Labute approximate surface area is 140 Å². The van der Waals surface area contributed by atoms with E-state index in [1.165, 1.54) is 11.2 Å². The van der Waals surface area contributed by atoms with Gasteiger partial charge in [0.2, 0.25) is 0 Å². The van der Waals surface area contributed by atoms with E-state index in [2.05, 4.69) is 10.5 Å². The molecule has 0 bridgehead atoms. The monoisotopic (exact) mass is 337 g/mol. The maximum absolute atomic E-state index is 12.5. The Balaban J connectivity index is 2.15. The number of aromatic nitrogens is 1. The van der Waals surface area contributed by atoms with Gasteiger partial charge in [0, 0.05) is 13.1 Å². The van der Waals surface area contributed by atoms with Crippen molar-refractivity contribution in [1.29, 1.82) is 0 Å². The maximum Gasteiger partial charge on any atom is 0.322 e. The Hall–Kier alpha value is -2.21. The van der Waals surface area contributed by atoms with Gasteiger partial charge in [-0.05, 0) is 32.9 Å². The molecule has 0 spiro atoms. The highest BCUT2D eigenvalue weighted by atomic mass is 35.5. The SMILES string of the molecule is CC(C)Oc1c(Cl)cccc1NC(=O)N(C)[C@H](C)c1ccon1. The normalized spacial score (nSPS) is 12.1. The highest BCUT2D eigenvalue weighted by Crippen LogP contribution is 2.34. The molecule has 0 saturated heterocycles. The Bertz CT molecular complexity index is 659. The number of rotatable bonds is 5. The molecule has 0 aliphatic rings. The molecule has 1 heterocycles. The van der Waals surface area contributed by atoms with Crippen molar-refractivity contribution in [3.05, 3.63) is 41.2 Å². The van der Waals surface area contributed by atoms with Crippen LogP contribution in [0.1, 0.15) is 32.5 Å². The summed E-state index contributed by atoms with van der Waals surface area (Å²) in [6.07, 6.45) is 1.42. The second-order valence-electron chi connectivity index (χ2n) is 5.42. The van der Waals surface area contributed by atoms with Gasteiger partial charge in [0.05, 0.1) is 22.9 Å². The van der Waals surface area contributed by atoms with Crippen molar-refractivity contribution >= 4 is 23.3 Å². The summed E-state index contributed by atoms with van der Waals surface area (Å²) < 4.78 is 10.5. The van der Waals surface area contributed by atoms with Crippen LogP contribution >= 0.6 is 11.6 Å². The van der Waals surface area contributed by atoms with Crippen molar-refractivity contribution in [2.24, 2.45) is 0 Å². The molecule has 23 heavy (non-hydrogen) atoms. The summed E-state index contributed by atoms with van der Waals surface area (Å²) in [7, 11) is 1.68. The van der Waals surface area contributed by atoms with Gasteiger partial charge in [-0.3, -0.25) is 0 Å². The first-order valence-corrected chi connectivity index (χ1v) is 7.67. The molecule has 6 nitrogen and oxygen atoms in total. The summed E-state index contributed by atoms with van der Waals surface area (Å²) in [5, 5.41) is 7.12. The highest BCUT2D eigenvalue weighted by Gasteiger charge is 2.21. The molecule has 0 unspecified atom stereocenters. The van der Waals surface area contributed by atoms with Crippen molar-refractivity contribution in [2.45, 2.75) is 32.9 Å². The van der Waals surface area contributed by atoms with E-state index in [1.54, 1.807) is 31.3 Å². The number of para-hydroxylation sites is 1. The second-order valence-corrected chi connectivity index (χ2v) is 5.83. The number of carbonyl (C=O) groups excluding carboxylic acids is 1. The van der Waals surface area contributed by atoms with E-state index in [4.69, 9.17) is 20.9 Å². The van der Waals surface area contributed by atoms with Crippen molar-refractivity contribution in [3.8, 4) is 5.75 Å². The zero-order valence-electron chi connectivity index (χ0n) is 13.5. The Morgan fingerprint density at radius 1 is 1.35 bits per heavy atom. The van der Waals surface area contributed by atoms with Crippen LogP contribution in [0.5, 0.6) is 5.75 Å². The number of anilines is 1. The Kier molecular flexibility index (Phi) is 5.50. The fourth-order valence-electron chi connectivity index (χ4n) is 1.98. The lowest BCUT2D eigenvalue weighted by Crippen LogP contribution is -2.34. The van der Waals surface area contributed by atoms with Crippen molar-refractivity contribution < 1.29 is 14.1 Å².